The van der Waals surface area contributed by atoms with E-state index in [4.69, 9.17) is 0 Å². The van der Waals surface area contributed by atoms with Crippen LogP contribution >= 0.6 is 0 Å². The van der Waals surface area contributed by atoms with Gasteiger partial charge < -0.3 is 10.0 Å². The number of halogens is 1. The van der Waals surface area contributed by atoms with E-state index >= 15 is 0 Å². The Morgan fingerprint density at radius 1 is 1.08 bits per heavy atom. The normalized spacial score (nSPS) is 19.2. The summed E-state index contributed by atoms with van der Waals surface area (Å²) in [6.45, 7) is 4.20. The molecule has 134 valence electrons. The Bertz CT molecular complexity index is 869. The smallest absolute Gasteiger partial charge is 0.295 e. The lowest BCUT2D eigenvalue weighted by atomic mass is 9.95. The second-order valence-corrected chi connectivity index (χ2v) is 6.41. The molecule has 1 unspecified atom stereocenters. The molecule has 0 radical (unpaired) electrons. The summed E-state index contributed by atoms with van der Waals surface area (Å²) in [5, 5.41) is 10.8. The summed E-state index contributed by atoms with van der Waals surface area (Å²) in [4.78, 5) is 26.6. The molecule has 2 aromatic carbocycles. The van der Waals surface area contributed by atoms with Crippen LogP contribution in [-0.2, 0) is 9.59 Å². The second kappa shape index (κ2) is 7.12. The van der Waals surface area contributed by atoms with Crippen molar-refractivity contribution < 1.29 is 19.1 Å². The Kier molecular flexibility index (Phi) is 4.89. The first-order chi connectivity index (χ1) is 12.4. The zero-order valence-corrected chi connectivity index (χ0v) is 14.7. The molecule has 2 aromatic rings. The van der Waals surface area contributed by atoms with Gasteiger partial charge in [0.1, 0.15) is 11.6 Å². The third-order valence-corrected chi connectivity index (χ3v) is 4.52. The lowest BCUT2D eigenvalue weighted by Gasteiger charge is -2.24. The quantitative estimate of drug-likeness (QED) is 0.514. The van der Waals surface area contributed by atoms with E-state index in [0.717, 1.165) is 5.56 Å². The molecule has 0 aliphatic carbocycles. The van der Waals surface area contributed by atoms with Gasteiger partial charge in [0, 0.05) is 12.1 Å². The number of likely N-dealkylation sites (tertiary alicyclic amines) is 1. The number of aliphatic hydroxyl groups is 1. The lowest BCUT2D eigenvalue weighted by Crippen LogP contribution is -2.30. The number of hydrogen-bond donors (Lipinski definition) is 1. The predicted octanol–water partition coefficient (Wildman–Crippen LogP) is 3.97. The maximum Gasteiger partial charge on any atom is 0.295 e. The first-order valence-electron chi connectivity index (χ1n) is 8.55. The van der Waals surface area contributed by atoms with Crippen LogP contribution in [0.3, 0.4) is 0 Å². The molecule has 1 saturated heterocycles. The summed E-state index contributed by atoms with van der Waals surface area (Å²) in [6, 6.07) is 12.0. The van der Waals surface area contributed by atoms with E-state index in [0.29, 0.717) is 24.1 Å². The minimum absolute atomic E-state index is 0.0407. The van der Waals surface area contributed by atoms with Gasteiger partial charge >= 0.3 is 0 Å². The molecule has 26 heavy (non-hydrogen) atoms. The van der Waals surface area contributed by atoms with Crippen molar-refractivity contribution in [1.82, 2.24) is 4.90 Å². The molecule has 1 atom stereocenters. The molecule has 1 aliphatic heterocycles. The topological polar surface area (TPSA) is 57.6 Å². The summed E-state index contributed by atoms with van der Waals surface area (Å²) >= 11 is 0. The number of benzene rings is 2. The zero-order chi connectivity index (χ0) is 18.8. The first-order valence-corrected chi connectivity index (χ1v) is 8.55. The number of nitrogens with zero attached hydrogens (tertiary/aromatic N) is 1. The van der Waals surface area contributed by atoms with E-state index in [-0.39, 0.29) is 11.3 Å². The Hall–Kier alpha value is -2.95. The second-order valence-electron chi connectivity index (χ2n) is 6.41. The highest BCUT2D eigenvalue weighted by atomic mass is 19.1. The fourth-order valence-electron chi connectivity index (χ4n) is 3.21. The lowest BCUT2D eigenvalue weighted by molar-refractivity contribution is -0.139. The highest BCUT2D eigenvalue weighted by molar-refractivity contribution is 6.46. The number of Topliss-reactive ketones (excluding diaryl/α,β-unsaturated/α-hetero) is 1. The SMILES string of the molecule is CCCN1C(=O)C(=O)/C(=C(\O)c2ccc(C)cc2)C1c1ccc(F)cc1. The minimum atomic E-state index is -0.725. The monoisotopic (exact) mass is 353 g/mol. The van der Waals surface area contributed by atoms with Crippen molar-refractivity contribution >= 4 is 17.4 Å². The van der Waals surface area contributed by atoms with Crippen LogP contribution in [0.25, 0.3) is 5.76 Å². The van der Waals surface area contributed by atoms with Crippen molar-refractivity contribution in [3.8, 4) is 0 Å². The summed E-state index contributed by atoms with van der Waals surface area (Å²) in [5.74, 6) is -1.98. The third kappa shape index (κ3) is 3.12. The summed E-state index contributed by atoms with van der Waals surface area (Å²) in [7, 11) is 0. The van der Waals surface area contributed by atoms with Gasteiger partial charge in [-0.3, -0.25) is 9.59 Å². The maximum absolute atomic E-state index is 13.3. The molecule has 1 fully saturated rings. The van der Waals surface area contributed by atoms with Crippen LogP contribution in [0, 0.1) is 12.7 Å². The molecule has 3 rings (SSSR count). The number of rotatable bonds is 4. The summed E-state index contributed by atoms with van der Waals surface area (Å²) in [6.07, 6.45) is 0.662. The van der Waals surface area contributed by atoms with Gasteiger partial charge in [-0.1, -0.05) is 48.9 Å². The molecule has 1 heterocycles. The molecule has 1 N–H and O–H groups in total. The standard InChI is InChI=1S/C21H20FNO3/c1-3-12-23-18(14-8-10-16(22)11-9-14)17(20(25)21(23)26)19(24)15-6-4-13(2)5-7-15/h4-11,18,24H,3,12H2,1-2H3/b19-17-. The van der Waals surface area contributed by atoms with Gasteiger partial charge in [-0.25, -0.2) is 4.39 Å². The van der Waals surface area contributed by atoms with Gasteiger partial charge in [0.25, 0.3) is 11.7 Å². The Balaban J connectivity index is 2.17. The van der Waals surface area contributed by atoms with E-state index in [1.165, 1.54) is 29.2 Å². The molecule has 0 aromatic heterocycles. The average molecular weight is 353 g/mol. The van der Waals surface area contributed by atoms with Crippen molar-refractivity contribution in [3.05, 3.63) is 76.6 Å². The van der Waals surface area contributed by atoms with Crippen LogP contribution in [0.2, 0.25) is 0 Å². The molecule has 0 saturated carbocycles. The van der Waals surface area contributed by atoms with Gasteiger partial charge in [0.15, 0.2) is 0 Å². The Morgan fingerprint density at radius 2 is 1.69 bits per heavy atom. The van der Waals surface area contributed by atoms with Gasteiger partial charge in [0.05, 0.1) is 11.6 Å². The highest BCUT2D eigenvalue weighted by Crippen LogP contribution is 2.39. The number of hydrogen-bond acceptors (Lipinski definition) is 3. The molecule has 1 amide bonds. The van der Waals surface area contributed by atoms with Gasteiger partial charge in [-0.2, -0.15) is 0 Å². The summed E-state index contributed by atoms with van der Waals surface area (Å²) in [5.41, 5.74) is 2.12. The van der Waals surface area contributed by atoms with Crippen molar-refractivity contribution in [1.29, 1.82) is 0 Å². The van der Waals surface area contributed by atoms with Crippen LogP contribution in [0.15, 0.2) is 54.1 Å². The molecule has 5 heteroatoms. The van der Waals surface area contributed by atoms with Crippen LogP contribution in [0.5, 0.6) is 0 Å². The fourth-order valence-corrected chi connectivity index (χ4v) is 3.21. The molecule has 0 spiro atoms. The van der Waals surface area contributed by atoms with Crippen molar-refractivity contribution in [2.75, 3.05) is 6.54 Å². The Labute approximate surface area is 151 Å². The van der Waals surface area contributed by atoms with Crippen LogP contribution < -0.4 is 0 Å². The molecule has 0 bridgehead atoms. The predicted molar refractivity (Wildman–Crippen MR) is 96.9 cm³/mol. The van der Waals surface area contributed by atoms with Crippen molar-refractivity contribution in [2.45, 2.75) is 26.3 Å². The van der Waals surface area contributed by atoms with E-state index < -0.39 is 23.5 Å². The number of carbonyl (C=O) groups is 2. The fraction of sp³-hybridized carbons (Fsp3) is 0.238. The van der Waals surface area contributed by atoms with Gasteiger partial charge in [-0.15, -0.1) is 0 Å². The van der Waals surface area contributed by atoms with E-state index in [2.05, 4.69) is 0 Å². The van der Waals surface area contributed by atoms with E-state index in [9.17, 15) is 19.1 Å². The number of carbonyl (C=O) groups excluding carboxylic acids is 2. The average Bonchev–Trinajstić information content (AvgIpc) is 2.88. The number of aryl methyl sites for hydroxylation is 1. The van der Waals surface area contributed by atoms with E-state index in [1.807, 2.05) is 26.0 Å². The molecular formula is C21H20FNO3. The van der Waals surface area contributed by atoms with Crippen molar-refractivity contribution in [3.63, 3.8) is 0 Å². The maximum atomic E-state index is 13.3. The minimum Gasteiger partial charge on any atom is -0.507 e. The molecule has 1 aliphatic rings. The number of aliphatic hydroxyl groups excluding tert-OH is 1. The van der Waals surface area contributed by atoms with E-state index in [1.54, 1.807) is 12.1 Å². The number of amides is 1. The largest absolute Gasteiger partial charge is 0.507 e. The van der Waals surface area contributed by atoms with Crippen LogP contribution in [-0.4, -0.2) is 28.2 Å². The third-order valence-electron chi connectivity index (χ3n) is 4.52. The zero-order valence-electron chi connectivity index (χ0n) is 14.7. The van der Waals surface area contributed by atoms with Crippen LogP contribution in [0.4, 0.5) is 4.39 Å². The van der Waals surface area contributed by atoms with Crippen molar-refractivity contribution in [2.24, 2.45) is 0 Å². The van der Waals surface area contributed by atoms with Gasteiger partial charge in [-0.05, 0) is 31.0 Å². The molecular weight excluding hydrogens is 333 g/mol. The van der Waals surface area contributed by atoms with Crippen LogP contribution in [0.1, 0.15) is 36.1 Å². The highest BCUT2D eigenvalue weighted by Gasteiger charge is 2.45. The number of ketones is 1. The Morgan fingerprint density at radius 3 is 2.27 bits per heavy atom. The first kappa shape index (κ1) is 17.9. The summed E-state index contributed by atoms with van der Waals surface area (Å²) < 4.78 is 13.3. The van der Waals surface area contributed by atoms with Gasteiger partial charge in [0.2, 0.25) is 0 Å². The molecule has 4 nitrogen and oxygen atoms in total.